The van der Waals surface area contributed by atoms with Crippen molar-refractivity contribution in [1.29, 1.82) is 0 Å². The highest BCUT2D eigenvalue weighted by molar-refractivity contribution is 7.98. The van der Waals surface area contributed by atoms with Crippen LogP contribution >= 0.6 is 24.2 Å². The Morgan fingerprint density at radius 1 is 1.47 bits per heavy atom. The second kappa shape index (κ2) is 9.06. The van der Waals surface area contributed by atoms with Gasteiger partial charge in [0.25, 0.3) is 0 Å². The first kappa shape index (κ1) is 17.1. The number of carbonyl (C=O) groups is 1. The molecule has 3 nitrogen and oxygen atoms in total. The molecule has 2 N–H and O–H groups in total. The molecule has 0 aromatic rings. The number of thioether (sulfide) groups is 1. The maximum absolute atomic E-state index is 11.9. The lowest BCUT2D eigenvalue weighted by atomic mass is 10.1. The Kier molecular flexibility index (Phi) is 9.10. The van der Waals surface area contributed by atoms with Crippen LogP contribution in [0.4, 0.5) is 0 Å². The molecule has 0 bridgehead atoms. The van der Waals surface area contributed by atoms with E-state index < -0.39 is 0 Å². The fraction of sp³-hybridized carbons (Fsp3) is 0.917. The van der Waals surface area contributed by atoms with Gasteiger partial charge in [-0.1, -0.05) is 12.8 Å². The van der Waals surface area contributed by atoms with Gasteiger partial charge in [-0.2, -0.15) is 11.8 Å². The fourth-order valence-corrected chi connectivity index (χ4v) is 2.81. The minimum Gasteiger partial charge on any atom is -0.344 e. The van der Waals surface area contributed by atoms with Gasteiger partial charge in [0.2, 0.25) is 5.91 Å². The van der Waals surface area contributed by atoms with Crippen LogP contribution in [-0.4, -0.2) is 42.4 Å². The van der Waals surface area contributed by atoms with E-state index in [2.05, 4.69) is 0 Å². The molecular formula is C12H25ClN2OS. The number of carbonyl (C=O) groups excluding carboxylic acids is 1. The lowest BCUT2D eigenvalue weighted by Crippen LogP contribution is -2.43. The van der Waals surface area contributed by atoms with Gasteiger partial charge in [-0.15, -0.1) is 12.4 Å². The first-order chi connectivity index (χ1) is 7.65. The van der Waals surface area contributed by atoms with Gasteiger partial charge in [-0.05, 0) is 37.2 Å². The van der Waals surface area contributed by atoms with Crippen molar-refractivity contribution in [3.63, 3.8) is 0 Å². The van der Waals surface area contributed by atoms with Gasteiger partial charge in [-0.25, -0.2) is 0 Å². The molecule has 5 heteroatoms. The zero-order valence-electron chi connectivity index (χ0n) is 10.9. The van der Waals surface area contributed by atoms with Crippen molar-refractivity contribution in [1.82, 2.24) is 4.90 Å². The monoisotopic (exact) mass is 280 g/mol. The Hall–Kier alpha value is 0.0700. The topological polar surface area (TPSA) is 46.3 Å². The molecule has 1 aliphatic rings. The van der Waals surface area contributed by atoms with Crippen LogP contribution in [0.15, 0.2) is 0 Å². The van der Waals surface area contributed by atoms with Crippen LogP contribution in [-0.2, 0) is 4.79 Å². The van der Waals surface area contributed by atoms with Gasteiger partial charge in [-0.3, -0.25) is 4.79 Å². The SMILES string of the molecule is CSCC[C@H](N)C(=O)N(C)CC1CCCC1.Cl. The van der Waals surface area contributed by atoms with Gasteiger partial charge in [0, 0.05) is 13.6 Å². The van der Waals surface area contributed by atoms with Gasteiger partial charge >= 0.3 is 0 Å². The van der Waals surface area contributed by atoms with Crippen LogP contribution in [0.5, 0.6) is 0 Å². The summed E-state index contributed by atoms with van der Waals surface area (Å²) in [6.45, 7) is 0.895. The summed E-state index contributed by atoms with van der Waals surface area (Å²) in [5.41, 5.74) is 5.87. The number of hydrogen-bond donors (Lipinski definition) is 1. The van der Waals surface area contributed by atoms with Crippen LogP contribution in [0.1, 0.15) is 32.1 Å². The molecule has 0 aromatic heterocycles. The second-order valence-corrected chi connectivity index (χ2v) is 5.74. The Labute approximate surface area is 115 Å². The molecule has 0 aliphatic heterocycles. The summed E-state index contributed by atoms with van der Waals surface area (Å²) in [4.78, 5) is 13.8. The van der Waals surface area contributed by atoms with E-state index in [9.17, 15) is 4.79 Å². The highest BCUT2D eigenvalue weighted by atomic mass is 35.5. The number of likely N-dealkylation sites (N-methyl/N-ethyl adjacent to an activating group) is 1. The van der Waals surface area contributed by atoms with Crippen LogP contribution in [0.25, 0.3) is 0 Å². The maximum Gasteiger partial charge on any atom is 0.239 e. The highest BCUT2D eigenvalue weighted by Gasteiger charge is 2.22. The predicted molar refractivity (Wildman–Crippen MR) is 77.8 cm³/mol. The molecule has 0 radical (unpaired) electrons. The number of nitrogens with zero attached hydrogens (tertiary/aromatic N) is 1. The zero-order chi connectivity index (χ0) is 12.0. The van der Waals surface area contributed by atoms with E-state index in [1.165, 1.54) is 25.7 Å². The van der Waals surface area contributed by atoms with Crippen LogP contribution in [0, 0.1) is 5.92 Å². The van der Waals surface area contributed by atoms with E-state index in [-0.39, 0.29) is 24.4 Å². The minimum atomic E-state index is -0.307. The molecule has 0 unspecified atom stereocenters. The van der Waals surface area contributed by atoms with Crippen molar-refractivity contribution < 1.29 is 4.79 Å². The minimum absolute atomic E-state index is 0. The van der Waals surface area contributed by atoms with Crippen molar-refractivity contribution in [2.24, 2.45) is 11.7 Å². The van der Waals surface area contributed by atoms with Gasteiger partial charge in [0.15, 0.2) is 0 Å². The standard InChI is InChI=1S/C12H24N2OS.ClH/c1-14(9-10-5-3-4-6-10)12(15)11(13)7-8-16-2;/h10-11H,3-9,13H2,1-2H3;1H/t11-;/m0./s1. The summed E-state index contributed by atoms with van der Waals surface area (Å²) in [7, 11) is 1.89. The van der Waals surface area contributed by atoms with Crippen LogP contribution in [0.3, 0.4) is 0 Å². The average molecular weight is 281 g/mol. The first-order valence-electron chi connectivity index (χ1n) is 6.14. The van der Waals surface area contributed by atoms with Crippen molar-refractivity contribution >= 4 is 30.1 Å². The summed E-state index contributed by atoms with van der Waals surface area (Å²) in [6, 6.07) is -0.307. The summed E-state index contributed by atoms with van der Waals surface area (Å²) in [5.74, 6) is 1.78. The van der Waals surface area contributed by atoms with E-state index in [4.69, 9.17) is 5.73 Å². The molecule has 1 aliphatic carbocycles. The van der Waals surface area contributed by atoms with E-state index in [1.807, 2.05) is 18.2 Å². The molecule has 17 heavy (non-hydrogen) atoms. The molecule has 0 saturated heterocycles. The number of rotatable bonds is 6. The molecule has 1 fully saturated rings. The van der Waals surface area contributed by atoms with E-state index in [0.29, 0.717) is 5.92 Å². The summed E-state index contributed by atoms with van der Waals surface area (Å²) >= 11 is 1.74. The summed E-state index contributed by atoms with van der Waals surface area (Å²) in [6.07, 6.45) is 8.03. The third-order valence-electron chi connectivity index (χ3n) is 3.33. The molecule has 1 rings (SSSR count). The third-order valence-corrected chi connectivity index (χ3v) is 3.98. The van der Waals surface area contributed by atoms with Crippen LogP contribution in [0.2, 0.25) is 0 Å². The predicted octanol–water partition coefficient (Wildman–Crippen LogP) is 2.14. The normalized spacial score (nSPS) is 17.6. The molecule has 1 saturated carbocycles. The molecule has 1 amide bonds. The quantitative estimate of drug-likeness (QED) is 0.811. The van der Waals surface area contributed by atoms with Crippen molar-refractivity contribution in [2.75, 3.05) is 25.6 Å². The smallest absolute Gasteiger partial charge is 0.239 e. The number of hydrogen-bond acceptors (Lipinski definition) is 3. The average Bonchev–Trinajstić information content (AvgIpc) is 2.77. The Morgan fingerprint density at radius 3 is 2.59 bits per heavy atom. The van der Waals surface area contributed by atoms with Gasteiger partial charge < -0.3 is 10.6 Å². The highest BCUT2D eigenvalue weighted by Crippen LogP contribution is 2.25. The first-order valence-corrected chi connectivity index (χ1v) is 7.54. The van der Waals surface area contributed by atoms with Crippen LogP contribution < -0.4 is 5.73 Å². The Morgan fingerprint density at radius 2 is 2.06 bits per heavy atom. The van der Waals surface area contributed by atoms with Crippen molar-refractivity contribution in [3.8, 4) is 0 Å². The van der Waals surface area contributed by atoms with Crippen molar-refractivity contribution in [3.05, 3.63) is 0 Å². The Balaban J connectivity index is 0.00000256. The van der Waals surface area contributed by atoms with Gasteiger partial charge in [0.1, 0.15) is 0 Å². The second-order valence-electron chi connectivity index (χ2n) is 4.76. The number of amides is 1. The maximum atomic E-state index is 11.9. The van der Waals surface area contributed by atoms with E-state index in [1.54, 1.807) is 11.8 Å². The molecule has 0 heterocycles. The number of nitrogens with two attached hydrogens (primary N) is 1. The molecule has 0 spiro atoms. The Bertz CT molecular complexity index is 223. The van der Waals surface area contributed by atoms with E-state index in [0.717, 1.165) is 18.7 Å². The van der Waals surface area contributed by atoms with Gasteiger partial charge in [0.05, 0.1) is 6.04 Å². The largest absolute Gasteiger partial charge is 0.344 e. The fourth-order valence-electron chi connectivity index (χ4n) is 2.32. The summed E-state index contributed by atoms with van der Waals surface area (Å²) in [5, 5.41) is 0. The summed E-state index contributed by atoms with van der Waals surface area (Å²) < 4.78 is 0. The molecule has 0 aromatic carbocycles. The molecular weight excluding hydrogens is 256 g/mol. The van der Waals surface area contributed by atoms with Crippen molar-refractivity contribution in [2.45, 2.75) is 38.1 Å². The van der Waals surface area contributed by atoms with E-state index >= 15 is 0 Å². The molecule has 1 atom stereocenters. The lowest BCUT2D eigenvalue weighted by Gasteiger charge is -2.24. The number of halogens is 1. The lowest BCUT2D eigenvalue weighted by molar-refractivity contribution is -0.131. The third kappa shape index (κ3) is 5.98. The zero-order valence-corrected chi connectivity index (χ0v) is 12.5. The molecule has 102 valence electrons.